The van der Waals surface area contributed by atoms with Gasteiger partial charge in [-0.05, 0) is 60.4 Å². The zero-order valence-electron chi connectivity index (χ0n) is 9.18. The lowest BCUT2D eigenvalue weighted by molar-refractivity contribution is 0.0933. The quantitative estimate of drug-likeness (QED) is 0.880. The third kappa shape index (κ3) is 2.84. The third-order valence-electron chi connectivity index (χ3n) is 2.76. The number of rotatable bonds is 2. The molecule has 5 heteroatoms. The van der Waals surface area contributed by atoms with Crippen molar-refractivity contribution in [3.63, 3.8) is 0 Å². The van der Waals surface area contributed by atoms with Crippen molar-refractivity contribution in [1.29, 1.82) is 0 Å². The zero-order valence-corrected chi connectivity index (χ0v) is 11.6. The fourth-order valence-corrected chi connectivity index (χ4v) is 3.23. The van der Waals surface area contributed by atoms with Crippen LogP contribution >= 0.6 is 27.3 Å². The molecule has 0 unspecified atom stereocenters. The molecule has 1 fully saturated rings. The summed E-state index contributed by atoms with van der Waals surface area (Å²) >= 11 is 4.94. The Morgan fingerprint density at radius 2 is 2.25 bits per heavy atom. The average molecular weight is 303 g/mol. The molecule has 0 radical (unpaired) electrons. The standard InChI is InChI=1S/C11H15BrN2OS/c1-7-6-9(16-10(7)12)11(15)14-8-2-4-13-5-3-8/h6,8,13H,2-5H2,1H3,(H,14,15). The zero-order chi connectivity index (χ0) is 11.5. The Hall–Kier alpha value is -0.390. The Labute approximate surface area is 108 Å². The summed E-state index contributed by atoms with van der Waals surface area (Å²) in [4.78, 5) is 12.7. The molecule has 0 bridgehead atoms. The van der Waals surface area contributed by atoms with Gasteiger partial charge in [-0.1, -0.05) is 0 Å². The lowest BCUT2D eigenvalue weighted by Crippen LogP contribution is -2.42. The van der Waals surface area contributed by atoms with Gasteiger partial charge < -0.3 is 10.6 Å². The highest BCUT2D eigenvalue weighted by atomic mass is 79.9. The average Bonchev–Trinajstić information content (AvgIpc) is 2.61. The van der Waals surface area contributed by atoms with E-state index in [0.717, 1.165) is 40.2 Å². The van der Waals surface area contributed by atoms with E-state index in [2.05, 4.69) is 26.6 Å². The van der Waals surface area contributed by atoms with E-state index in [9.17, 15) is 4.79 Å². The predicted octanol–water partition coefficient (Wildman–Crippen LogP) is 2.30. The summed E-state index contributed by atoms with van der Waals surface area (Å²) in [6.45, 7) is 4.00. The molecule has 1 aliphatic heterocycles. The van der Waals surface area contributed by atoms with E-state index >= 15 is 0 Å². The number of nitrogens with one attached hydrogen (secondary N) is 2. The SMILES string of the molecule is Cc1cc(C(=O)NC2CCNCC2)sc1Br. The van der Waals surface area contributed by atoms with Gasteiger partial charge in [0.2, 0.25) is 0 Å². The molecule has 88 valence electrons. The number of hydrogen-bond acceptors (Lipinski definition) is 3. The molecule has 1 aromatic rings. The molecule has 0 saturated carbocycles. The van der Waals surface area contributed by atoms with Gasteiger partial charge in [-0.15, -0.1) is 11.3 Å². The van der Waals surface area contributed by atoms with Crippen molar-refractivity contribution >= 4 is 33.2 Å². The van der Waals surface area contributed by atoms with Crippen molar-refractivity contribution in [2.45, 2.75) is 25.8 Å². The van der Waals surface area contributed by atoms with Crippen LogP contribution in [0.2, 0.25) is 0 Å². The van der Waals surface area contributed by atoms with Crippen LogP contribution in [0.5, 0.6) is 0 Å². The van der Waals surface area contributed by atoms with Crippen LogP contribution in [0, 0.1) is 6.92 Å². The van der Waals surface area contributed by atoms with E-state index in [-0.39, 0.29) is 5.91 Å². The molecule has 3 nitrogen and oxygen atoms in total. The second-order valence-electron chi connectivity index (χ2n) is 4.07. The van der Waals surface area contributed by atoms with Crippen LogP contribution in [0.25, 0.3) is 0 Å². The van der Waals surface area contributed by atoms with Gasteiger partial charge in [0.05, 0.1) is 8.66 Å². The van der Waals surface area contributed by atoms with Crippen molar-refractivity contribution in [2.75, 3.05) is 13.1 Å². The monoisotopic (exact) mass is 302 g/mol. The number of carbonyl (C=O) groups is 1. The summed E-state index contributed by atoms with van der Waals surface area (Å²) in [7, 11) is 0. The molecule has 1 saturated heterocycles. The van der Waals surface area contributed by atoms with Crippen LogP contribution < -0.4 is 10.6 Å². The minimum atomic E-state index is 0.0608. The highest BCUT2D eigenvalue weighted by Crippen LogP contribution is 2.27. The molecule has 0 atom stereocenters. The van der Waals surface area contributed by atoms with Crippen molar-refractivity contribution < 1.29 is 4.79 Å². The molecule has 2 heterocycles. The number of amides is 1. The summed E-state index contributed by atoms with van der Waals surface area (Å²) in [6.07, 6.45) is 2.05. The van der Waals surface area contributed by atoms with Crippen LogP contribution in [0.4, 0.5) is 0 Å². The Bertz CT molecular complexity index is 366. The van der Waals surface area contributed by atoms with Crippen LogP contribution in [0.15, 0.2) is 9.85 Å². The Balaban J connectivity index is 1.96. The maximum atomic E-state index is 11.9. The fourth-order valence-electron chi connectivity index (χ4n) is 1.79. The topological polar surface area (TPSA) is 41.1 Å². The molecule has 0 aliphatic carbocycles. The molecule has 0 spiro atoms. The normalized spacial score (nSPS) is 17.4. The van der Waals surface area contributed by atoms with Crippen LogP contribution in [-0.2, 0) is 0 Å². The summed E-state index contributed by atoms with van der Waals surface area (Å²) in [6, 6.07) is 2.26. The van der Waals surface area contributed by atoms with Crippen molar-refractivity contribution in [1.82, 2.24) is 10.6 Å². The van der Waals surface area contributed by atoms with Crippen LogP contribution in [0.3, 0.4) is 0 Å². The molecule has 1 amide bonds. The van der Waals surface area contributed by atoms with Crippen LogP contribution in [-0.4, -0.2) is 25.0 Å². The minimum absolute atomic E-state index is 0.0608. The van der Waals surface area contributed by atoms with Gasteiger partial charge in [-0.3, -0.25) is 4.79 Å². The second-order valence-corrected chi connectivity index (χ2v) is 6.44. The number of hydrogen-bond donors (Lipinski definition) is 2. The van der Waals surface area contributed by atoms with Gasteiger partial charge in [-0.25, -0.2) is 0 Å². The molecule has 1 aromatic heterocycles. The van der Waals surface area contributed by atoms with E-state index in [0.29, 0.717) is 6.04 Å². The maximum absolute atomic E-state index is 11.9. The molecule has 16 heavy (non-hydrogen) atoms. The van der Waals surface area contributed by atoms with Gasteiger partial charge in [0.25, 0.3) is 5.91 Å². The molecule has 2 rings (SSSR count). The lowest BCUT2D eigenvalue weighted by atomic mass is 10.1. The number of thiophene rings is 1. The molecular weight excluding hydrogens is 288 g/mol. The number of halogens is 1. The summed E-state index contributed by atoms with van der Waals surface area (Å²) in [5.41, 5.74) is 1.13. The number of carbonyl (C=O) groups excluding carboxylic acids is 1. The first-order valence-corrected chi connectivity index (χ1v) is 7.05. The van der Waals surface area contributed by atoms with Crippen molar-refractivity contribution in [2.24, 2.45) is 0 Å². The number of aryl methyl sites for hydroxylation is 1. The molecule has 1 aliphatic rings. The molecular formula is C11H15BrN2OS. The van der Waals surface area contributed by atoms with Crippen LogP contribution in [0.1, 0.15) is 28.1 Å². The highest BCUT2D eigenvalue weighted by Gasteiger charge is 2.17. The first-order valence-electron chi connectivity index (χ1n) is 5.44. The summed E-state index contributed by atoms with van der Waals surface area (Å²) in [5.74, 6) is 0.0608. The van der Waals surface area contributed by atoms with Gasteiger partial charge in [0.1, 0.15) is 0 Å². The molecule has 2 N–H and O–H groups in total. The Kier molecular flexibility index (Phi) is 4.00. The summed E-state index contributed by atoms with van der Waals surface area (Å²) < 4.78 is 1.04. The smallest absolute Gasteiger partial charge is 0.261 e. The number of piperidine rings is 1. The first-order chi connectivity index (χ1) is 7.66. The van der Waals surface area contributed by atoms with E-state index in [1.165, 1.54) is 11.3 Å². The van der Waals surface area contributed by atoms with Gasteiger partial charge >= 0.3 is 0 Å². The fraction of sp³-hybridized carbons (Fsp3) is 0.545. The van der Waals surface area contributed by atoms with Gasteiger partial charge in [0, 0.05) is 6.04 Å². The van der Waals surface area contributed by atoms with Gasteiger partial charge in [0.15, 0.2) is 0 Å². The van der Waals surface area contributed by atoms with Gasteiger partial charge in [-0.2, -0.15) is 0 Å². The summed E-state index contributed by atoms with van der Waals surface area (Å²) in [5, 5.41) is 6.37. The third-order valence-corrected chi connectivity index (χ3v) is 4.89. The maximum Gasteiger partial charge on any atom is 0.261 e. The predicted molar refractivity (Wildman–Crippen MR) is 70.1 cm³/mol. The Morgan fingerprint density at radius 3 is 2.81 bits per heavy atom. The van der Waals surface area contributed by atoms with E-state index < -0.39 is 0 Å². The Morgan fingerprint density at radius 1 is 1.56 bits per heavy atom. The largest absolute Gasteiger partial charge is 0.349 e. The van der Waals surface area contributed by atoms with E-state index in [1.54, 1.807) is 0 Å². The highest BCUT2D eigenvalue weighted by molar-refractivity contribution is 9.11. The van der Waals surface area contributed by atoms with Crippen molar-refractivity contribution in [3.05, 3.63) is 20.3 Å². The minimum Gasteiger partial charge on any atom is -0.349 e. The first kappa shape index (κ1) is 12.1. The van der Waals surface area contributed by atoms with Crippen molar-refractivity contribution in [3.8, 4) is 0 Å². The second kappa shape index (κ2) is 5.29. The lowest BCUT2D eigenvalue weighted by Gasteiger charge is -2.23. The van der Waals surface area contributed by atoms with E-state index in [1.807, 2.05) is 13.0 Å². The molecule has 0 aromatic carbocycles. The van der Waals surface area contributed by atoms with E-state index in [4.69, 9.17) is 0 Å².